The van der Waals surface area contributed by atoms with E-state index in [0.717, 1.165) is 62.7 Å². The molecule has 32 heavy (non-hydrogen) atoms. The van der Waals surface area contributed by atoms with Crippen LogP contribution in [-0.4, -0.2) is 57.1 Å². The summed E-state index contributed by atoms with van der Waals surface area (Å²) in [4.78, 5) is 20.9. The summed E-state index contributed by atoms with van der Waals surface area (Å²) >= 11 is 0. The number of hydrogen-bond donors (Lipinski definition) is 1. The second-order valence-corrected chi connectivity index (χ2v) is 8.67. The van der Waals surface area contributed by atoms with Crippen LogP contribution in [0.2, 0.25) is 0 Å². The molecule has 0 spiro atoms. The lowest BCUT2D eigenvalue weighted by atomic mass is 9.98. The van der Waals surface area contributed by atoms with Gasteiger partial charge in [0.1, 0.15) is 5.75 Å². The maximum Gasteiger partial charge on any atom is 0.222 e. The Kier molecular flexibility index (Phi) is 6.98. The van der Waals surface area contributed by atoms with Gasteiger partial charge >= 0.3 is 0 Å². The lowest BCUT2D eigenvalue weighted by Gasteiger charge is -2.23. The van der Waals surface area contributed by atoms with Gasteiger partial charge in [-0.2, -0.15) is 0 Å². The van der Waals surface area contributed by atoms with E-state index in [2.05, 4.69) is 64.6 Å². The van der Waals surface area contributed by atoms with Crippen molar-refractivity contribution in [3.05, 3.63) is 59.2 Å². The average Bonchev–Trinajstić information content (AvgIpc) is 3.39. The van der Waals surface area contributed by atoms with E-state index in [1.807, 2.05) is 11.9 Å². The number of methoxy groups -OCH3 is 1. The van der Waals surface area contributed by atoms with Crippen LogP contribution < -0.4 is 15.0 Å². The summed E-state index contributed by atoms with van der Waals surface area (Å²) in [5.41, 5.74) is 4.96. The van der Waals surface area contributed by atoms with Crippen LogP contribution in [0.3, 0.4) is 0 Å². The SMILES string of the molecule is CN=C(NCCc1ccc(C)c(OC)c1)N1CC(CCN2CCCC2=O)c2ccccc21. The first-order chi connectivity index (χ1) is 15.6. The zero-order chi connectivity index (χ0) is 22.5. The van der Waals surface area contributed by atoms with Gasteiger partial charge in [0.15, 0.2) is 5.96 Å². The second-order valence-electron chi connectivity index (χ2n) is 8.67. The summed E-state index contributed by atoms with van der Waals surface area (Å²) in [5, 5.41) is 3.55. The third kappa shape index (κ3) is 4.74. The summed E-state index contributed by atoms with van der Waals surface area (Å²) in [6.07, 6.45) is 3.58. The van der Waals surface area contributed by atoms with Crippen molar-refractivity contribution < 1.29 is 9.53 Å². The number of fused-ring (bicyclic) bond motifs is 1. The van der Waals surface area contributed by atoms with E-state index >= 15 is 0 Å². The second kappa shape index (κ2) is 10.1. The van der Waals surface area contributed by atoms with Gasteiger partial charge in [-0.05, 0) is 55.0 Å². The number of rotatable bonds is 7. The highest BCUT2D eigenvalue weighted by Gasteiger charge is 2.32. The number of nitrogens with zero attached hydrogens (tertiary/aromatic N) is 3. The van der Waals surface area contributed by atoms with E-state index in [1.165, 1.54) is 16.8 Å². The third-order valence-electron chi connectivity index (χ3n) is 6.63. The summed E-state index contributed by atoms with van der Waals surface area (Å²) < 4.78 is 5.46. The van der Waals surface area contributed by atoms with Crippen LogP contribution in [0.15, 0.2) is 47.5 Å². The minimum atomic E-state index is 0.304. The Morgan fingerprint density at radius 3 is 2.84 bits per heavy atom. The largest absolute Gasteiger partial charge is 0.496 e. The zero-order valence-electron chi connectivity index (χ0n) is 19.4. The number of amides is 1. The Bertz CT molecular complexity index is 988. The Hall–Kier alpha value is -3.02. The molecule has 1 unspecified atom stereocenters. The van der Waals surface area contributed by atoms with Crippen molar-refractivity contribution in [1.29, 1.82) is 0 Å². The fourth-order valence-corrected chi connectivity index (χ4v) is 4.83. The Morgan fingerprint density at radius 2 is 2.09 bits per heavy atom. The van der Waals surface area contributed by atoms with E-state index in [1.54, 1.807) is 7.11 Å². The number of ether oxygens (including phenoxy) is 1. The van der Waals surface area contributed by atoms with Gasteiger partial charge in [0.25, 0.3) is 0 Å². The minimum absolute atomic E-state index is 0.304. The highest BCUT2D eigenvalue weighted by molar-refractivity contribution is 5.98. The van der Waals surface area contributed by atoms with E-state index in [9.17, 15) is 4.79 Å². The van der Waals surface area contributed by atoms with E-state index in [4.69, 9.17) is 4.74 Å². The number of aliphatic imine (C=N–C) groups is 1. The number of hydrogen-bond acceptors (Lipinski definition) is 3. The molecule has 2 heterocycles. The topological polar surface area (TPSA) is 57.2 Å². The summed E-state index contributed by atoms with van der Waals surface area (Å²) in [5.74, 6) is 2.54. The third-order valence-corrected chi connectivity index (χ3v) is 6.63. The van der Waals surface area contributed by atoms with Crippen LogP contribution in [0, 0.1) is 6.92 Å². The first kappa shape index (κ1) is 22.2. The van der Waals surface area contributed by atoms with Crippen molar-refractivity contribution in [1.82, 2.24) is 10.2 Å². The molecule has 0 aliphatic carbocycles. The molecule has 4 rings (SSSR count). The quantitative estimate of drug-likeness (QED) is 0.533. The molecular formula is C26H34N4O2. The fraction of sp³-hybridized carbons (Fsp3) is 0.462. The molecule has 0 aromatic heterocycles. The molecular weight excluding hydrogens is 400 g/mol. The van der Waals surface area contributed by atoms with Crippen LogP contribution in [-0.2, 0) is 11.2 Å². The number of anilines is 1. The van der Waals surface area contributed by atoms with E-state index < -0.39 is 0 Å². The van der Waals surface area contributed by atoms with Gasteiger partial charge in [-0.3, -0.25) is 9.79 Å². The summed E-state index contributed by atoms with van der Waals surface area (Å²) in [6.45, 7) is 5.49. The first-order valence-electron chi connectivity index (χ1n) is 11.6. The minimum Gasteiger partial charge on any atom is -0.496 e. The lowest BCUT2D eigenvalue weighted by molar-refractivity contribution is -0.127. The number of para-hydroxylation sites is 1. The number of carbonyl (C=O) groups excluding carboxylic acids is 1. The summed E-state index contributed by atoms with van der Waals surface area (Å²) in [7, 11) is 3.56. The molecule has 2 aliphatic heterocycles. The number of nitrogens with one attached hydrogen (secondary N) is 1. The van der Waals surface area contributed by atoms with Gasteiger partial charge in [0, 0.05) is 51.3 Å². The summed E-state index contributed by atoms with van der Waals surface area (Å²) in [6, 6.07) is 15.0. The standard InChI is InChI=1S/C26H34N4O2/c1-19-10-11-20(17-24(19)32-3)12-14-28-26(27-2)30-18-21(22-7-4-5-8-23(22)30)13-16-29-15-6-9-25(29)31/h4-5,7-8,10-11,17,21H,6,9,12-16,18H2,1-3H3,(H,27,28). The first-order valence-corrected chi connectivity index (χ1v) is 11.6. The van der Waals surface area contributed by atoms with Gasteiger partial charge in [-0.1, -0.05) is 30.3 Å². The van der Waals surface area contributed by atoms with Crippen molar-refractivity contribution in [3.63, 3.8) is 0 Å². The molecule has 1 saturated heterocycles. The van der Waals surface area contributed by atoms with Crippen LogP contribution in [0.5, 0.6) is 5.75 Å². The monoisotopic (exact) mass is 434 g/mol. The van der Waals surface area contributed by atoms with E-state index in [-0.39, 0.29) is 0 Å². The van der Waals surface area contributed by atoms with Crippen molar-refractivity contribution in [2.45, 2.75) is 38.5 Å². The molecule has 1 atom stereocenters. The van der Waals surface area contributed by atoms with Crippen LogP contribution >= 0.6 is 0 Å². The Morgan fingerprint density at radius 1 is 1.25 bits per heavy atom. The molecule has 1 amide bonds. The molecule has 6 heteroatoms. The maximum absolute atomic E-state index is 12.0. The molecule has 2 aromatic rings. The number of aryl methyl sites for hydroxylation is 1. The van der Waals surface area contributed by atoms with Gasteiger partial charge in [-0.15, -0.1) is 0 Å². The zero-order valence-corrected chi connectivity index (χ0v) is 19.4. The highest BCUT2D eigenvalue weighted by atomic mass is 16.5. The highest BCUT2D eigenvalue weighted by Crippen LogP contribution is 2.38. The molecule has 0 saturated carbocycles. The van der Waals surface area contributed by atoms with Gasteiger partial charge in [0.05, 0.1) is 7.11 Å². The van der Waals surface area contributed by atoms with E-state index in [0.29, 0.717) is 18.2 Å². The van der Waals surface area contributed by atoms with Crippen LogP contribution in [0.4, 0.5) is 5.69 Å². The molecule has 0 bridgehead atoms. The normalized spacial score (nSPS) is 18.3. The van der Waals surface area contributed by atoms with Crippen molar-refractivity contribution >= 4 is 17.6 Å². The Labute approximate surface area is 191 Å². The van der Waals surface area contributed by atoms with Gasteiger partial charge in [0.2, 0.25) is 5.91 Å². The molecule has 1 fully saturated rings. The van der Waals surface area contributed by atoms with Crippen LogP contribution in [0.25, 0.3) is 0 Å². The number of benzene rings is 2. The van der Waals surface area contributed by atoms with Gasteiger partial charge in [-0.25, -0.2) is 0 Å². The molecule has 2 aliphatic rings. The average molecular weight is 435 g/mol. The number of carbonyl (C=O) groups is 1. The molecule has 1 N–H and O–H groups in total. The smallest absolute Gasteiger partial charge is 0.222 e. The number of likely N-dealkylation sites (tertiary alicyclic amines) is 1. The van der Waals surface area contributed by atoms with Crippen LogP contribution in [0.1, 0.15) is 41.9 Å². The molecule has 170 valence electrons. The van der Waals surface area contributed by atoms with Gasteiger partial charge < -0.3 is 19.9 Å². The molecule has 2 aromatic carbocycles. The molecule has 6 nitrogen and oxygen atoms in total. The predicted molar refractivity (Wildman–Crippen MR) is 130 cm³/mol. The fourth-order valence-electron chi connectivity index (χ4n) is 4.83. The number of guanidine groups is 1. The van der Waals surface area contributed by atoms with Crippen molar-refractivity contribution in [2.24, 2.45) is 4.99 Å². The predicted octanol–water partition coefficient (Wildman–Crippen LogP) is 3.74. The lowest BCUT2D eigenvalue weighted by Crippen LogP contribution is -2.42. The molecule has 0 radical (unpaired) electrons. The Balaban J connectivity index is 1.39. The maximum atomic E-state index is 12.0. The van der Waals surface area contributed by atoms with Crippen molar-refractivity contribution in [2.75, 3.05) is 45.2 Å². The van der Waals surface area contributed by atoms with Crippen molar-refractivity contribution in [3.8, 4) is 5.75 Å².